The van der Waals surface area contributed by atoms with E-state index in [2.05, 4.69) is 146 Å². The minimum atomic E-state index is 0.973. The van der Waals surface area contributed by atoms with Crippen LogP contribution >= 0.6 is 0 Å². The van der Waals surface area contributed by atoms with Crippen LogP contribution in [0.5, 0.6) is 0 Å². The predicted octanol–water partition coefficient (Wildman–Crippen LogP) is 11.9. The highest BCUT2D eigenvalue weighted by Crippen LogP contribution is 2.45. The van der Waals surface area contributed by atoms with Crippen molar-refractivity contribution in [3.8, 4) is 33.4 Å². The van der Waals surface area contributed by atoms with Crippen LogP contribution in [0.2, 0.25) is 0 Å². The van der Waals surface area contributed by atoms with Crippen molar-refractivity contribution in [2.24, 2.45) is 0 Å². The predicted molar refractivity (Wildman–Crippen MR) is 182 cm³/mol. The Hall–Kier alpha value is -5.40. The Balaban J connectivity index is 1.23. The number of allylic oxidation sites excluding steroid dienone is 1. The Morgan fingerprint density at radius 2 is 1.07 bits per heavy atom. The lowest BCUT2D eigenvalue weighted by atomic mass is 9.84. The van der Waals surface area contributed by atoms with E-state index in [9.17, 15) is 0 Å². The molecule has 8 aromatic rings. The molecule has 0 amide bonds. The fraction of sp³-hybridized carbons (Fsp3) is 0.0476. The zero-order chi connectivity index (χ0) is 28.3. The number of hydrogen-bond donors (Lipinski definition) is 0. The first-order valence-electron chi connectivity index (χ1n) is 15.1. The van der Waals surface area contributed by atoms with Gasteiger partial charge in [0.25, 0.3) is 0 Å². The third-order valence-electron chi connectivity index (χ3n) is 9.15. The van der Waals surface area contributed by atoms with E-state index in [1.807, 2.05) is 0 Å². The van der Waals surface area contributed by atoms with E-state index < -0.39 is 0 Å². The van der Waals surface area contributed by atoms with Crippen LogP contribution in [0.15, 0.2) is 144 Å². The molecule has 1 aromatic heterocycles. The first-order valence-corrected chi connectivity index (χ1v) is 15.1. The van der Waals surface area contributed by atoms with Gasteiger partial charge in [0, 0.05) is 10.9 Å². The summed E-state index contributed by atoms with van der Waals surface area (Å²) >= 11 is 0. The van der Waals surface area contributed by atoms with Crippen LogP contribution in [0.3, 0.4) is 0 Å². The SMILES string of the molecule is C1=Cc2oc3ccc(-c4ccc(-c5c6ccccc6c(-c6cccc7ccccc67)c6ccccc56)cc4)cc3c2CC1. The summed E-state index contributed by atoms with van der Waals surface area (Å²) in [5.41, 5.74) is 9.84. The van der Waals surface area contributed by atoms with Crippen LogP contribution in [0.1, 0.15) is 17.7 Å². The van der Waals surface area contributed by atoms with Crippen molar-refractivity contribution in [2.45, 2.75) is 12.8 Å². The molecule has 9 rings (SSSR count). The Morgan fingerprint density at radius 3 is 1.81 bits per heavy atom. The van der Waals surface area contributed by atoms with Gasteiger partial charge in [-0.25, -0.2) is 0 Å². The number of benzene rings is 7. The highest BCUT2D eigenvalue weighted by Gasteiger charge is 2.18. The summed E-state index contributed by atoms with van der Waals surface area (Å²) in [6.45, 7) is 0. The van der Waals surface area contributed by atoms with E-state index in [1.165, 1.54) is 76.6 Å². The fourth-order valence-corrected chi connectivity index (χ4v) is 7.16. The minimum Gasteiger partial charge on any atom is -0.456 e. The Labute approximate surface area is 250 Å². The molecule has 0 radical (unpaired) electrons. The summed E-state index contributed by atoms with van der Waals surface area (Å²) in [7, 11) is 0. The molecule has 0 bridgehead atoms. The maximum absolute atomic E-state index is 6.12. The van der Waals surface area contributed by atoms with Gasteiger partial charge in [0.15, 0.2) is 0 Å². The molecule has 0 N–H and O–H groups in total. The van der Waals surface area contributed by atoms with E-state index >= 15 is 0 Å². The Bertz CT molecular complexity index is 2320. The summed E-state index contributed by atoms with van der Waals surface area (Å²) < 4.78 is 6.12. The van der Waals surface area contributed by atoms with Gasteiger partial charge >= 0.3 is 0 Å². The second kappa shape index (κ2) is 9.58. The smallest absolute Gasteiger partial charge is 0.135 e. The lowest BCUT2D eigenvalue weighted by molar-refractivity contribution is 0.595. The molecule has 0 saturated carbocycles. The van der Waals surface area contributed by atoms with Crippen molar-refractivity contribution in [1.29, 1.82) is 0 Å². The number of furan rings is 1. The molecule has 1 nitrogen and oxygen atoms in total. The maximum Gasteiger partial charge on any atom is 0.135 e. The molecular formula is C42H28O. The zero-order valence-electron chi connectivity index (χ0n) is 23.7. The van der Waals surface area contributed by atoms with Crippen molar-refractivity contribution in [3.05, 3.63) is 151 Å². The molecule has 1 heterocycles. The van der Waals surface area contributed by atoms with Gasteiger partial charge in [-0.2, -0.15) is 0 Å². The first kappa shape index (κ1) is 24.2. The summed E-state index contributed by atoms with van der Waals surface area (Å²) in [6.07, 6.45) is 6.43. The quantitative estimate of drug-likeness (QED) is 0.200. The van der Waals surface area contributed by atoms with Crippen LogP contribution < -0.4 is 0 Å². The number of hydrogen-bond acceptors (Lipinski definition) is 1. The van der Waals surface area contributed by atoms with Gasteiger partial charge in [0.05, 0.1) is 0 Å². The summed E-state index contributed by atoms with van der Waals surface area (Å²) in [6, 6.07) is 48.9. The molecule has 43 heavy (non-hydrogen) atoms. The van der Waals surface area contributed by atoms with E-state index in [1.54, 1.807) is 0 Å². The zero-order valence-corrected chi connectivity index (χ0v) is 23.7. The molecule has 0 unspecified atom stereocenters. The molecule has 1 aliphatic carbocycles. The molecule has 0 saturated heterocycles. The molecule has 0 atom stereocenters. The van der Waals surface area contributed by atoms with Gasteiger partial charge in [-0.3, -0.25) is 0 Å². The van der Waals surface area contributed by atoms with E-state index in [-0.39, 0.29) is 0 Å². The highest BCUT2D eigenvalue weighted by atomic mass is 16.3. The maximum atomic E-state index is 6.12. The number of fused-ring (bicyclic) bond motifs is 6. The van der Waals surface area contributed by atoms with E-state index in [0.717, 1.165) is 24.2 Å². The monoisotopic (exact) mass is 548 g/mol. The van der Waals surface area contributed by atoms with E-state index in [0.29, 0.717) is 0 Å². The van der Waals surface area contributed by atoms with Gasteiger partial charge in [0.2, 0.25) is 0 Å². The molecule has 202 valence electrons. The lowest BCUT2D eigenvalue weighted by Crippen LogP contribution is -1.91. The average Bonchev–Trinajstić information content (AvgIpc) is 3.45. The highest BCUT2D eigenvalue weighted by molar-refractivity contribution is 6.23. The summed E-state index contributed by atoms with van der Waals surface area (Å²) in [5.74, 6) is 1.01. The molecular weight excluding hydrogens is 520 g/mol. The first-order chi connectivity index (χ1) is 21.3. The van der Waals surface area contributed by atoms with Crippen LogP contribution in [0.4, 0.5) is 0 Å². The van der Waals surface area contributed by atoms with Gasteiger partial charge in [-0.1, -0.05) is 127 Å². The molecule has 7 aromatic carbocycles. The van der Waals surface area contributed by atoms with E-state index in [4.69, 9.17) is 4.42 Å². The van der Waals surface area contributed by atoms with Crippen LogP contribution in [-0.2, 0) is 6.42 Å². The average molecular weight is 549 g/mol. The van der Waals surface area contributed by atoms with Gasteiger partial charge in [0.1, 0.15) is 11.3 Å². The standard InChI is InChI=1S/C42H28O/c1-2-12-31-28(10-1)11-9-18-33(31)42-36-16-5-3-14-34(36)41(35-15-4-6-17-37(35)42)29-22-20-27(21-23-29)30-24-25-40-38(26-30)32-13-7-8-19-39(32)43-40/h1-6,8-12,14-26H,7,13H2. The van der Waals surface area contributed by atoms with Crippen LogP contribution in [0.25, 0.3) is 82.7 Å². The second-order valence-electron chi connectivity index (χ2n) is 11.5. The fourth-order valence-electron chi connectivity index (χ4n) is 7.16. The summed E-state index contributed by atoms with van der Waals surface area (Å²) in [5, 5.41) is 8.89. The third-order valence-corrected chi connectivity index (χ3v) is 9.15. The topological polar surface area (TPSA) is 13.1 Å². The molecule has 0 fully saturated rings. The van der Waals surface area contributed by atoms with Gasteiger partial charge in [-0.15, -0.1) is 0 Å². The second-order valence-corrected chi connectivity index (χ2v) is 11.5. The normalized spacial score (nSPS) is 12.8. The third kappa shape index (κ3) is 3.78. The molecule has 0 aliphatic heterocycles. The number of aryl methyl sites for hydroxylation is 1. The van der Waals surface area contributed by atoms with Crippen molar-refractivity contribution >= 4 is 49.4 Å². The van der Waals surface area contributed by atoms with Gasteiger partial charge < -0.3 is 4.42 Å². The van der Waals surface area contributed by atoms with Crippen molar-refractivity contribution in [1.82, 2.24) is 0 Å². The molecule has 1 heteroatoms. The Morgan fingerprint density at radius 1 is 0.465 bits per heavy atom. The van der Waals surface area contributed by atoms with Gasteiger partial charge in [-0.05, 0) is 96.7 Å². The van der Waals surface area contributed by atoms with Crippen molar-refractivity contribution in [2.75, 3.05) is 0 Å². The van der Waals surface area contributed by atoms with Crippen molar-refractivity contribution in [3.63, 3.8) is 0 Å². The Kier molecular flexibility index (Phi) is 5.39. The van der Waals surface area contributed by atoms with Crippen LogP contribution in [0, 0.1) is 0 Å². The lowest BCUT2D eigenvalue weighted by Gasteiger charge is -2.19. The molecule has 1 aliphatic rings. The summed E-state index contributed by atoms with van der Waals surface area (Å²) in [4.78, 5) is 0. The van der Waals surface area contributed by atoms with Crippen LogP contribution in [-0.4, -0.2) is 0 Å². The minimum absolute atomic E-state index is 0.973. The largest absolute Gasteiger partial charge is 0.456 e. The van der Waals surface area contributed by atoms with Crippen molar-refractivity contribution < 1.29 is 4.42 Å². The molecule has 0 spiro atoms. The number of rotatable bonds is 3.